The van der Waals surface area contributed by atoms with E-state index in [0.717, 1.165) is 38.5 Å². The van der Waals surface area contributed by atoms with Gasteiger partial charge in [-0.15, -0.1) is 0 Å². The van der Waals surface area contributed by atoms with E-state index in [9.17, 15) is 0 Å². The van der Waals surface area contributed by atoms with Gasteiger partial charge in [-0.05, 0) is 7.05 Å². The molecule has 0 radical (unpaired) electrons. The van der Waals surface area contributed by atoms with Gasteiger partial charge in [-0.25, -0.2) is 9.97 Å². The molecule has 0 aromatic carbocycles. The third-order valence-corrected chi connectivity index (χ3v) is 3.81. The molecule has 0 unspecified atom stereocenters. The number of thioether (sulfide) groups is 1. The van der Waals surface area contributed by atoms with Gasteiger partial charge in [0, 0.05) is 44.5 Å². The first-order valence-corrected chi connectivity index (χ1v) is 7.06. The van der Waals surface area contributed by atoms with E-state index < -0.39 is 0 Å². The Morgan fingerprint density at radius 2 is 1.78 bits per heavy atom. The zero-order valence-corrected chi connectivity index (χ0v) is 11.5. The molecule has 18 heavy (non-hydrogen) atoms. The summed E-state index contributed by atoms with van der Waals surface area (Å²) in [4.78, 5) is 13.1. The van der Waals surface area contributed by atoms with E-state index in [1.165, 1.54) is 0 Å². The summed E-state index contributed by atoms with van der Waals surface area (Å²) in [5.74, 6) is 1.83. The molecule has 0 saturated carbocycles. The molecular weight excluding hydrogens is 248 g/mol. The third-order valence-electron chi connectivity index (χ3n) is 2.98. The Hall–Kier alpha value is -1.05. The van der Waals surface area contributed by atoms with Crippen LogP contribution >= 0.6 is 11.8 Å². The van der Waals surface area contributed by atoms with Gasteiger partial charge in [0.05, 0.1) is 0 Å². The highest BCUT2D eigenvalue weighted by atomic mass is 32.2. The first-order valence-electron chi connectivity index (χ1n) is 6.07. The first kappa shape index (κ1) is 13.4. The summed E-state index contributed by atoms with van der Waals surface area (Å²) in [5.41, 5.74) is 11.3. The molecule has 0 spiro atoms. The molecule has 1 saturated heterocycles. The van der Waals surface area contributed by atoms with Crippen LogP contribution in [-0.4, -0.2) is 65.3 Å². The number of piperazine rings is 1. The van der Waals surface area contributed by atoms with Gasteiger partial charge in [-0.2, -0.15) is 0 Å². The number of rotatable bonds is 4. The van der Waals surface area contributed by atoms with Crippen molar-refractivity contribution in [3.05, 3.63) is 6.07 Å². The maximum atomic E-state index is 5.63. The van der Waals surface area contributed by atoms with E-state index in [0.29, 0.717) is 16.8 Å². The van der Waals surface area contributed by atoms with Crippen molar-refractivity contribution in [1.29, 1.82) is 0 Å². The molecule has 1 aliphatic rings. The van der Waals surface area contributed by atoms with Crippen molar-refractivity contribution in [2.75, 3.05) is 57.0 Å². The van der Waals surface area contributed by atoms with Gasteiger partial charge in [-0.3, -0.25) is 4.90 Å². The fraction of sp³-hybridized carbons (Fsp3) is 0.636. The zero-order valence-electron chi connectivity index (χ0n) is 10.7. The van der Waals surface area contributed by atoms with Crippen molar-refractivity contribution in [2.45, 2.75) is 5.16 Å². The van der Waals surface area contributed by atoms with Crippen LogP contribution in [0.15, 0.2) is 11.2 Å². The number of nitrogens with two attached hydrogens (primary N) is 2. The highest BCUT2D eigenvalue weighted by Gasteiger charge is 2.13. The molecule has 0 amide bonds. The summed E-state index contributed by atoms with van der Waals surface area (Å²) < 4.78 is 0. The van der Waals surface area contributed by atoms with Crippen LogP contribution in [0.2, 0.25) is 0 Å². The maximum Gasteiger partial charge on any atom is 0.191 e. The second kappa shape index (κ2) is 6.21. The minimum atomic E-state index is 0.435. The summed E-state index contributed by atoms with van der Waals surface area (Å²) in [6.45, 7) is 5.61. The van der Waals surface area contributed by atoms with E-state index in [2.05, 4.69) is 26.8 Å². The Morgan fingerprint density at radius 1 is 1.17 bits per heavy atom. The average Bonchev–Trinajstić information content (AvgIpc) is 2.30. The molecule has 1 aromatic rings. The van der Waals surface area contributed by atoms with Gasteiger partial charge >= 0.3 is 0 Å². The maximum absolute atomic E-state index is 5.63. The normalized spacial score (nSPS) is 18.1. The van der Waals surface area contributed by atoms with E-state index in [1.54, 1.807) is 17.8 Å². The van der Waals surface area contributed by atoms with Gasteiger partial charge in [-0.1, -0.05) is 11.8 Å². The van der Waals surface area contributed by atoms with Gasteiger partial charge in [0.2, 0.25) is 0 Å². The molecule has 0 atom stereocenters. The van der Waals surface area contributed by atoms with Crippen LogP contribution in [0.4, 0.5) is 11.6 Å². The highest BCUT2D eigenvalue weighted by Crippen LogP contribution is 2.16. The molecule has 4 N–H and O–H groups in total. The molecule has 2 heterocycles. The molecule has 1 aromatic heterocycles. The van der Waals surface area contributed by atoms with Crippen molar-refractivity contribution in [1.82, 2.24) is 19.8 Å². The van der Waals surface area contributed by atoms with Crippen LogP contribution < -0.4 is 11.5 Å². The quantitative estimate of drug-likeness (QED) is 0.586. The largest absolute Gasteiger partial charge is 0.383 e. The van der Waals surface area contributed by atoms with Gasteiger partial charge < -0.3 is 16.4 Å². The molecule has 6 nitrogen and oxygen atoms in total. The van der Waals surface area contributed by atoms with Crippen LogP contribution in [0.1, 0.15) is 0 Å². The van der Waals surface area contributed by atoms with Gasteiger partial charge in [0.1, 0.15) is 11.6 Å². The number of nitrogens with zero attached hydrogens (tertiary/aromatic N) is 4. The number of hydrogen-bond acceptors (Lipinski definition) is 7. The molecule has 1 aliphatic heterocycles. The van der Waals surface area contributed by atoms with E-state index in [4.69, 9.17) is 11.5 Å². The number of nitrogen functional groups attached to an aromatic ring is 2. The smallest absolute Gasteiger partial charge is 0.191 e. The monoisotopic (exact) mass is 268 g/mol. The lowest BCUT2D eigenvalue weighted by atomic mass is 10.3. The van der Waals surface area contributed by atoms with Crippen LogP contribution in [0.3, 0.4) is 0 Å². The molecule has 0 aliphatic carbocycles. The van der Waals surface area contributed by atoms with Crippen LogP contribution in [0, 0.1) is 0 Å². The van der Waals surface area contributed by atoms with Gasteiger partial charge in [0.25, 0.3) is 0 Å². The summed E-state index contributed by atoms with van der Waals surface area (Å²) in [6, 6.07) is 1.57. The SMILES string of the molecule is CN1CCN(CCSc2nc(N)cc(N)n2)CC1. The van der Waals surface area contributed by atoms with Crippen LogP contribution in [-0.2, 0) is 0 Å². The second-order valence-corrected chi connectivity index (χ2v) is 5.56. The topological polar surface area (TPSA) is 84.3 Å². The van der Waals surface area contributed by atoms with E-state index in [1.807, 2.05) is 0 Å². The molecule has 1 fully saturated rings. The second-order valence-electron chi connectivity index (χ2n) is 4.49. The minimum absolute atomic E-state index is 0.435. The van der Waals surface area contributed by atoms with Crippen LogP contribution in [0.25, 0.3) is 0 Å². The van der Waals surface area contributed by atoms with Crippen molar-refractivity contribution in [3.8, 4) is 0 Å². The highest BCUT2D eigenvalue weighted by molar-refractivity contribution is 7.99. The Kier molecular flexibility index (Phi) is 4.62. The van der Waals surface area contributed by atoms with Crippen LogP contribution in [0.5, 0.6) is 0 Å². The number of aromatic nitrogens is 2. The third kappa shape index (κ3) is 4.01. The summed E-state index contributed by atoms with van der Waals surface area (Å²) in [6.07, 6.45) is 0. The predicted molar refractivity (Wildman–Crippen MR) is 75.5 cm³/mol. The lowest BCUT2D eigenvalue weighted by Gasteiger charge is -2.32. The molecule has 100 valence electrons. The number of hydrogen-bond donors (Lipinski definition) is 2. The fourth-order valence-electron chi connectivity index (χ4n) is 1.86. The Morgan fingerprint density at radius 3 is 2.39 bits per heavy atom. The Balaban J connectivity index is 1.74. The molecule has 7 heteroatoms. The van der Waals surface area contributed by atoms with Crippen molar-refractivity contribution in [3.63, 3.8) is 0 Å². The molecule has 2 rings (SSSR count). The van der Waals surface area contributed by atoms with Crippen molar-refractivity contribution in [2.24, 2.45) is 0 Å². The Labute approximate surface area is 112 Å². The minimum Gasteiger partial charge on any atom is -0.383 e. The number of likely N-dealkylation sites (N-methyl/N-ethyl adjacent to an activating group) is 1. The fourth-order valence-corrected chi connectivity index (χ4v) is 2.74. The van der Waals surface area contributed by atoms with Gasteiger partial charge in [0.15, 0.2) is 5.16 Å². The van der Waals surface area contributed by atoms with Crippen molar-refractivity contribution < 1.29 is 0 Å². The average molecular weight is 268 g/mol. The summed E-state index contributed by atoms with van der Waals surface area (Å²) in [7, 11) is 2.16. The van der Waals surface area contributed by atoms with E-state index >= 15 is 0 Å². The lowest BCUT2D eigenvalue weighted by molar-refractivity contribution is 0.161. The zero-order chi connectivity index (χ0) is 13.0. The summed E-state index contributed by atoms with van der Waals surface area (Å²) in [5, 5.41) is 0.668. The summed E-state index contributed by atoms with van der Waals surface area (Å²) >= 11 is 1.61. The Bertz CT molecular complexity index is 371. The molecule has 0 bridgehead atoms. The predicted octanol–water partition coefficient (Wildman–Crippen LogP) is -0.0195. The number of anilines is 2. The lowest BCUT2D eigenvalue weighted by Crippen LogP contribution is -2.45. The first-order chi connectivity index (χ1) is 8.63. The van der Waals surface area contributed by atoms with E-state index in [-0.39, 0.29) is 0 Å². The molecular formula is C11H20N6S. The standard InChI is InChI=1S/C11H20N6S/c1-16-2-4-17(5-3-16)6-7-18-11-14-9(12)8-10(13)15-11/h8H,2-7H2,1H3,(H4,12,13,14,15). The van der Waals surface area contributed by atoms with Crippen molar-refractivity contribution >= 4 is 23.4 Å².